The van der Waals surface area contributed by atoms with Gasteiger partial charge in [-0.25, -0.2) is 4.39 Å². The second-order valence-corrected chi connectivity index (χ2v) is 5.34. The maximum atomic E-state index is 13.1. The predicted octanol–water partition coefficient (Wildman–Crippen LogP) is 2.50. The summed E-state index contributed by atoms with van der Waals surface area (Å²) >= 11 is 0. The molecule has 0 saturated heterocycles. The lowest BCUT2D eigenvalue weighted by molar-refractivity contribution is 0.245. The first-order valence-electron chi connectivity index (χ1n) is 7.06. The summed E-state index contributed by atoms with van der Waals surface area (Å²) < 4.78 is 13.1. The van der Waals surface area contributed by atoms with Crippen molar-refractivity contribution in [1.29, 1.82) is 0 Å². The van der Waals surface area contributed by atoms with Crippen molar-refractivity contribution < 1.29 is 9.50 Å². The molecule has 1 aromatic rings. The summed E-state index contributed by atoms with van der Waals surface area (Å²) in [6.45, 7) is 2.34. The first kappa shape index (κ1) is 14.3. The Kier molecular flexibility index (Phi) is 5.16. The minimum absolute atomic E-state index is 0.237. The van der Waals surface area contributed by atoms with Gasteiger partial charge in [0.1, 0.15) is 0 Å². The van der Waals surface area contributed by atoms with Gasteiger partial charge in [0.05, 0.1) is 0 Å². The molecule has 0 bridgehead atoms. The zero-order valence-corrected chi connectivity index (χ0v) is 11.5. The molecule has 0 atom stereocenters. The van der Waals surface area contributed by atoms with Crippen LogP contribution in [0.25, 0.3) is 0 Å². The van der Waals surface area contributed by atoms with E-state index in [1.165, 1.54) is 31.7 Å². The number of likely N-dealkylation sites (N-methyl/N-ethyl adjacent to an activating group) is 1. The number of halogens is 1. The normalized spacial score (nSPS) is 16.4. The van der Waals surface area contributed by atoms with E-state index in [0.717, 1.165) is 19.1 Å². The molecular formula is C15H23FN2O. The van der Waals surface area contributed by atoms with Crippen LogP contribution in [-0.4, -0.2) is 36.2 Å². The number of aromatic hydroxyl groups is 1. The molecule has 1 aliphatic carbocycles. The van der Waals surface area contributed by atoms with Gasteiger partial charge < -0.3 is 15.3 Å². The predicted molar refractivity (Wildman–Crippen MR) is 74.7 cm³/mol. The van der Waals surface area contributed by atoms with Crippen molar-refractivity contribution in [3.63, 3.8) is 0 Å². The highest BCUT2D eigenvalue weighted by atomic mass is 19.1. The van der Waals surface area contributed by atoms with Crippen LogP contribution >= 0.6 is 0 Å². The standard InChI is InChI=1S/C15H23FN2O/c1-18(13-6-2-3-7-13)10-9-17-11-12-5-4-8-14(16)15(12)19/h4-5,8,13,17,19H,2-3,6-7,9-11H2,1H3. The summed E-state index contributed by atoms with van der Waals surface area (Å²) in [5, 5.41) is 12.8. The SMILES string of the molecule is CN(CCNCc1cccc(F)c1O)C1CCCC1. The fourth-order valence-corrected chi connectivity index (χ4v) is 2.71. The summed E-state index contributed by atoms with van der Waals surface area (Å²) in [5.41, 5.74) is 0.614. The van der Waals surface area contributed by atoms with E-state index >= 15 is 0 Å². The molecule has 106 valence electrons. The van der Waals surface area contributed by atoms with Gasteiger partial charge in [-0.15, -0.1) is 0 Å². The molecule has 2 rings (SSSR count). The van der Waals surface area contributed by atoms with Gasteiger partial charge in [0, 0.05) is 31.2 Å². The van der Waals surface area contributed by atoms with E-state index in [1.54, 1.807) is 12.1 Å². The van der Waals surface area contributed by atoms with Gasteiger partial charge in [-0.2, -0.15) is 0 Å². The van der Waals surface area contributed by atoms with Crippen molar-refractivity contribution >= 4 is 0 Å². The second-order valence-electron chi connectivity index (χ2n) is 5.34. The van der Waals surface area contributed by atoms with E-state index < -0.39 is 5.82 Å². The van der Waals surface area contributed by atoms with Crippen LogP contribution in [0.5, 0.6) is 5.75 Å². The van der Waals surface area contributed by atoms with E-state index in [9.17, 15) is 9.50 Å². The van der Waals surface area contributed by atoms with Crippen LogP contribution in [0.4, 0.5) is 4.39 Å². The molecule has 19 heavy (non-hydrogen) atoms. The Hall–Kier alpha value is -1.13. The lowest BCUT2D eigenvalue weighted by Gasteiger charge is -2.24. The molecule has 4 heteroatoms. The van der Waals surface area contributed by atoms with E-state index in [0.29, 0.717) is 12.1 Å². The number of nitrogens with zero attached hydrogens (tertiary/aromatic N) is 1. The quantitative estimate of drug-likeness (QED) is 0.777. The molecule has 2 N–H and O–H groups in total. The molecule has 0 heterocycles. The van der Waals surface area contributed by atoms with Gasteiger partial charge in [0.2, 0.25) is 0 Å². The van der Waals surface area contributed by atoms with Gasteiger partial charge >= 0.3 is 0 Å². The molecular weight excluding hydrogens is 243 g/mol. The number of phenols is 1. The number of benzene rings is 1. The Bertz CT molecular complexity index is 405. The smallest absolute Gasteiger partial charge is 0.165 e. The van der Waals surface area contributed by atoms with Gasteiger partial charge in [-0.1, -0.05) is 25.0 Å². The topological polar surface area (TPSA) is 35.5 Å². The van der Waals surface area contributed by atoms with Crippen molar-refractivity contribution in [3.05, 3.63) is 29.6 Å². The zero-order valence-electron chi connectivity index (χ0n) is 11.5. The molecule has 1 saturated carbocycles. The first-order chi connectivity index (χ1) is 9.18. The zero-order chi connectivity index (χ0) is 13.7. The minimum atomic E-state index is -0.553. The Morgan fingerprint density at radius 1 is 1.37 bits per heavy atom. The molecule has 0 spiro atoms. The van der Waals surface area contributed by atoms with Crippen LogP contribution in [0.1, 0.15) is 31.2 Å². The molecule has 1 fully saturated rings. The van der Waals surface area contributed by atoms with Crippen LogP contribution < -0.4 is 5.32 Å². The minimum Gasteiger partial charge on any atom is -0.505 e. The van der Waals surface area contributed by atoms with E-state index in [2.05, 4.69) is 17.3 Å². The summed E-state index contributed by atoms with van der Waals surface area (Å²) in [5.74, 6) is -0.790. The Balaban J connectivity index is 1.70. The molecule has 1 aromatic carbocycles. The molecule has 3 nitrogen and oxygen atoms in total. The van der Waals surface area contributed by atoms with Gasteiger partial charge in [0.15, 0.2) is 11.6 Å². The molecule has 0 unspecified atom stereocenters. The van der Waals surface area contributed by atoms with Crippen molar-refractivity contribution in [3.8, 4) is 5.75 Å². The summed E-state index contributed by atoms with van der Waals surface area (Å²) in [6.07, 6.45) is 5.31. The van der Waals surface area contributed by atoms with E-state index in [-0.39, 0.29) is 5.75 Å². The maximum Gasteiger partial charge on any atom is 0.165 e. The number of rotatable bonds is 6. The average molecular weight is 266 g/mol. The lowest BCUT2D eigenvalue weighted by Crippen LogP contribution is -2.35. The largest absolute Gasteiger partial charge is 0.505 e. The third-order valence-corrected chi connectivity index (χ3v) is 3.98. The molecule has 0 amide bonds. The molecule has 1 aliphatic rings. The Labute approximate surface area is 114 Å². The second kappa shape index (κ2) is 6.87. The van der Waals surface area contributed by atoms with Gasteiger partial charge in [-0.05, 0) is 26.0 Å². The number of hydrogen-bond acceptors (Lipinski definition) is 3. The molecule has 0 aliphatic heterocycles. The van der Waals surface area contributed by atoms with Crippen LogP contribution in [-0.2, 0) is 6.54 Å². The van der Waals surface area contributed by atoms with Crippen molar-refractivity contribution in [2.45, 2.75) is 38.3 Å². The number of phenolic OH excluding ortho intramolecular Hbond substituents is 1. The maximum absolute atomic E-state index is 13.1. The number of nitrogens with one attached hydrogen (secondary N) is 1. The lowest BCUT2D eigenvalue weighted by atomic mass is 10.2. The molecule has 0 radical (unpaired) electrons. The Morgan fingerprint density at radius 2 is 2.11 bits per heavy atom. The fraction of sp³-hybridized carbons (Fsp3) is 0.600. The van der Waals surface area contributed by atoms with Crippen LogP contribution in [0.15, 0.2) is 18.2 Å². The van der Waals surface area contributed by atoms with Crippen molar-refractivity contribution in [1.82, 2.24) is 10.2 Å². The summed E-state index contributed by atoms with van der Waals surface area (Å²) in [4.78, 5) is 2.39. The van der Waals surface area contributed by atoms with E-state index in [1.807, 2.05) is 0 Å². The fourth-order valence-electron chi connectivity index (χ4n) is 2.71. The first-order valence-corrected chi connectivity index (χ1v) is 7.06. The van der Waals surface area contributed by atoms with E-state index in [4.69, 9.17) is 0 Å². The highest BCUT2D eigenvalue weighted by Crippen LogP contribution is 2.22. The molecule has 0 aromatic heterocycles. The monoisotopic (exact) mass is 266 g/mol. The van der Waals surface area contributed by atoms with Gasteiger partial charge in [0.25, 0.3) is 0 Å². The van der Waals surface area contributed by atoms with Crippen LogP contribution in [0, 0.1) is 5.82 Å². The van der Waals surface area contributed by atoms with Crippen LogP contribution in [0.3, 0.4) is 0 Å². The summed E-state index contributed by atoms with van der Waals surface area (Å²) in [6, 6.07) is 5.36. The van der Waals surface area contributed by atoms with Gasteiger partial charge in [-0.3, -0.25) is 0 Å². The summed E-state index contributed by atoms with van der Waals surface area (Å²) in [7, 11) is 2.16. The van der Waals surface area contributed by atoms with Crippen molar-refractivity contribution in [2.24, 2.45) is 0 Å². The third-order valence-electron chi connectivity index (χ3n) is 3.98. The van der Waals surface area contributed by atoms with Crippen LogP contribution in [0.2, 0.25) is 0 Å². The number of hydrogen-bond donors (Lipinski definition) is 2. The van der Waals surface area contributed by atoms with Crippen molar-refractivity contribution in [2.75, 3.05) is 20.1 Å². The number of para-hydroxylation sites is 1. The third kappa shape index (κ3) is 3.91. The highest BCUT2D eigenvalue weighted by molar-refractivity contribution is 5.33. The Morgan fingerprint density at radius 3 is 2.84 bits per heavy atom. The average Bonchev–Trinajstić information content (AvgIpc) is 2.93. The highest BCUT2D eigenvalue weighted by Gasteiger charge is 2.18.